The molecule has 0 aliphatic carbocycles. The van der Waals surface area contributed by atoms with Gasteiger partial charge < -0.3 is 15.6 Å². The summed E-state index contributed by atoms with van der Waals surface area (Å²) >= 11 is 0. The van der Waals surface area contributed by atoms with Crippen LogP contribution in [0, 0.1) is 5.82 Å². The highest BCUT2D eigenvalue weighted by atomic mass is 19.1. The number of nitrogens with zero attached hydrogens (tertiary/aromatic N) is 1. The molecule has 114 valence electrons. The van der Waals surface area contributed by atoms with Crippen LogP contribution in [0.15, 0.2) is 29.4 Å². The van der Waals surface area contributed by atoms with Gasteiger partial charge in [-0.3, -0.25) is 4.99 Å². The monoisotopic (exact) mass is 290 g/mol. The van der Waals surface area contributed by atoms with Gasteiger partial charge in [-0.2, -0.15) is 0 Å². The molecule has 4 nitrogen and oxygen atoms in total. The molecule has 0 saturated carbocycles. The number of rotatable bonds is 6. The second-order valence-corrected chi connectivity index (χ2v) is 4.94. The number of fused-ring (bicyclic) bond motifs is 1. The van der Waals surface area contributed by atoms with Gasteiger partial charge in [0.2, 0.25) is 0 Å². The second kappa shape index (κ2) is 7.67. The third-order valence-electron chi connectivity index (χ3n) is 3.25. The van der Waals surface area contributed by atoms with Crippen LogP contribution in [-0.2, 0) is 6.42 Å². The third kappa shape index (κ3) is 4.21. The molecule has 0 fully saturated rings. The maximum Gasteiger partial charge on any atom is 0.191 e. The first-order valence-corrected chi connectivity index (χ1v) is 7.52. The SMILES string of the molecule is CCCN=C(NCC)NCCc1c[nH]c2cc(F)ccc12. The van der Waals surface area contributed by atoms with E-state index in [2.05, 4.69) is 34.5 Å². The fourth-order valence-electron chi connectivity index (χ4n) is 2.25. The normalized spacial score (nSPS) is 11.9. The van der Waals surface area contributed by atoms with E-state index in [1.54, 1.807) is 0 Å². The lowest BCUT2D eigenvalue weighted by Crippen LogP contribution is -2.38. The largest absolute Gasteiger partial charge is 0.361 e. The number of H-pyrrole nitrogens is 1. The Bertz CT molecular complexity index is 603. The summed E-state index contributed by atoms with van der Waals surface area (Å²) in [6, 6.07) is 4.85. The number of hydrogen-bond donors (Lipinski definition) is 3. The van der Waals surface area contributed by atoms with Gasteiger partial charge in [0.05, 0.1) is 0 Å². The lowest BCUT2D eigenvalue weighted by atomic mass is 10.1. The number of aliphatic imine (C=N–C) groups is 1. The minimum absolute atomic E-state index is 0.213. The molecule has 0 atom stereocenters. The van der Waals surface area contributed by atoms with Gasteiger partial charge in [0.1, 0.15) is 5.82 Å². The van der Waals surface area contributed by atoms with Crippen molar-refractivity contribution in [3.05, 3.63) is 35.8 Å². The highest BCUT2D eigenvalue weighted by Crippen LogP contribution is 2.19. The number of guanidine groups is 1. The summed E-state index contributed by atoms with van der Waals surface area (Å²) in [6.07, 6.45) is 3.84. The van der Waals surface area contributed by atoms with Crippen molar-refractivity contribution >= 4 is 16.9 Å². The van der Waals surface area contributed by atoms with Crippen molar-refractivity contribution in [2.75, 3.05) is 19.6 Å². The molecule has 1 heterocycles. The molecule has 5 heteroatoms. The van der Waals surface area contributed by atoms with Crippen LogP contribution in [0.25, 0.3) is 10.9 Å². The Hall–Kier alpha value is -2.04. The van der Waals surface area contributed by atoms with Crippen LogP contribution in [0.5, 0.6) is 0 Å². The van der Waals surface area contributed by atoms with Gasteiger partial charge in [0, 0.05) is 36.7 Å². The van der Waals surface area contributed by atoms with Gasteiger partial charge in [0.25, 0.3) is 0 Å². The molecule has 0 amide bonds. The summed E-state index contributed by atoms with van der Waals surface area (Å²) in [7, 11) is 0. The minimum atomic E-state index is -0.213. The van der Waals surface area contributed by atoms with Crippen LogP contribution in [0.1, 0.15) is 25.8 Å². The Morgan fingerprint density at radius 1 is 1.29 bits per heavy atom. The van der Waals surface area contributed by atoms with Gasteiger partial charge in [-0.15, -0.1) is 0 Å². The second-order valence-electron chi connectivity index (χ2n) is 4.94. The van der Waals surface area contributed by atoms with Crippen LogP contribution < -0.4 is 10.6 Å². The van der Waals surface area contributed by atoms with Gasteiger partial charge >= 0.3 is 0 Å². The van der Waals surface area contributed by atoms with Crippen molar-refractivity contribution < 1.29 is 4.39 Å². The third-order valence-corrected chi connectivity index (χ3v) is 3.25. The van der Waals surface area contributed by atoms with Crippen LogP contribution in [0.3, 0.4) is 0 Å². The van der Waals surface area contributed by atoms with E-state index in [4.69, 9.17) is 0 Å². The van der Waals surface area contributed by atoms with E-state index in [1.165, 1.54) is 17.7 Å². The first-order valence-electron chi connectivity index (χ1n) is 7.52. The number of nitrogens with one attached hydrogen (secondary N) is 3. The molecule has 21 heavy (non-hydrogen) atoms. The molecule has 1 aromatic carbocycles. The van der Waals surface area contributed by atoms with Gasteiger partial charge in [0.15, 0.2) is 5.96 Å². The molecule has 0 unspecified atom stereocenters. The molecule has 2 rings (SSSR count). The van der Waals surface area contributed by atoms with Crippen LogP contribution in [0.2, 0.25) is 0 Å². The standard InChI is InChI=1S/C16H23FN4/c1-3-8-19-16(18-4-2)20-9-7-12-11-21-15-10-13(17)5-6-14(12)15/h5-6,10-11,21H,3-4,7-9H2,1-2H3,(H2,18,19,20). The summed E-state index contributed by atoms with van der Waals surface area (Å²) in [5.74, 6) is 0.639. The first kappa shape index (κ1) is 15.4. The van der Waals surface area contributed by atoms with Crippen molar-refractivity contribution in [1.29, 1.82) is 0 Å². The molecule has 2 aromatic rings. The van der Waals surface area contributed by atoms with Crippen molar-refractivity contribution in [1.82, 2.24) is 15.6 Å². The van der Waals surface area contributed by atoms with Crippen molar-refractivity contribution in [3.8, 4) is 0 Å². The maximum absolute atomic E-state index is 13.2. The summed E-state index contributed by atoms with van der Waals surface area (Å²) in [5, 5.41) is 7.62. The molecule has 0 radical (unpaired) electrons. The predicted octanol–water partition coefficient (Wildman–Crippen LogP) is 2.81. The van der Waals surface area contributed by atoms with Gasteiger partial charge in [-0.25, -0.2) is 4.39 Å². The van der Waals surface area contributed by atoms with E-state index >= 15 is 0 Å². The topological polar surface area (TPSA) is 52.2 Å². The first-order chi connectivity index (χ1) is 10.2. The molecule has 3 N–H and O–H groups in total. The Labute approximate surface area is 124 Å². The van der Waals surface area contributed by atoms with E-state index in [1.807, 2.05) is 12.3 Å². The number of benzene rings is 1. The van der Waals surface area contributed by atoms with Gasteiger partial charge in [-0.1, -0.05) is 6.92 Å². The van der Waals surface area contributed by atoms with Crippen molar-refractivity contribution in [2.45, 2.75) is 26.7 Å². The number of aromatic nitrogens is 1. The summed E-state index contributed by atoms with van der Waals surface area (Å²) < 4.78 is 13.2. The van der Waals surface area contributed by atoms with Crippen LogP contribution in [-0.4, -0.2) is 30.6 Å². The zero-order chi connectivity index (χ0) is 15.1. The molecular formula is C16H23FN4. The predicted molar refractivity (Wildman–Crippen MR) is 86.2 cm³/mol. The number of halogens is 1. The Morgan fingerprint density at radius 2 is 2.14 bits per heavy atom. The van der Waals surface area contributed by atoms with E-state index in [0.717, 1.165) is 49.3 Å². The Kier molecular flexibility index (Phi) is 5.60. The van der Waals surface area contributed by atoms with E-state index in [0.29, 0.717) is 0 Å². The molecule has 1 aromatic heterocycles. The fourth-order valence-corrected chi connectivity index (χ4v) is 2.25. The highest BCUT2D eigenvalue weighted by Gasteiger charge is 2.05. The number of aromatic amines is 1. The van der Waals surface area contributed by atoms with Crippen LogP contribution in [0.4, 0.5) is 4.39 Å². The minimum Gasteiger partial charge on any atom is -0.361 e. The van der Waals surface area contributed by atoms with Gasteiger partial charge in [-0.05, 0) is 43.5 Å². The lowest BCUT2D eigenvalue weighted by molar-refractivity contribution is 0.629. The Morgan fingerprint density at radius 3 is 2.90 bits per heavy atom. The van der Waals surface area contributed by atoms with E-state index in [9.17, 15) is 4.39 Å². The molecule has 0 bridgehead atoms. The Balaban J connectivity index is 1.95. The molecule has 0 spiro atoms. The van der Waals surface area contributed by atoms with Crippen LogP contribution >= 0.6 is 0 Å². The maximum atomic E-state index is 13.2. The summed E-state index contributed by atoms with van der Waals surface area (Å²) in [4.78, 5) is 7.57. The zero-order valence-corrected chi connectivity index (χ0v) is 12.7. The van der Waals surface area contributed by atoms with E-state index < -0.39 is 0 Å². The smallest absolute Gasteiger partial charge is 0.191 e. The van der Waals surface area contributed by atoms with E-state index in [-0.39, 0.29) is 5.82 Å². The average molecular weight is 290 g/mol. The molecule has 0 aliphatic rings. The zero-order valence-electron chi connectivity index (χ0n) is 12.7. The van der Waals surface area contributed by atoms with Crippen molar-refractivity contribution in [2.24, 2.45) is 4.99 Å². The fraction of sp³-hybridized carbons (Fsp3) is 0.438. The lowest BCUT2D eigenvalue weighted by Gasteiger charge is -2.10. The summed E-state index contributed by atoms with van der Waals surface area (Å²) in [6.45, 7) is 6.62. The molecule has 0 aliphatic heterocycles. The molecular weight excluding hydrogens is 267 g/mol. The van der Waals surface area contributed by atoms with Crippen molar-refractivity contribution in [3.63, 3.8) is 0 Å². The summed E-state index contributed by atoms with van der Waals surface area (Å²) in [5.41, 5.74) is 2.03. The average Bonchev–Trinajstić information content (AvgIpc) is 2.87. The quantitative estimate of drug-likeness (QED) is 0.566. The molecule has 0 saturated heterocycles. The number of hydrogen-bond acceptors (Lipinski definition) is 1. The highest BCUT2D eigenvalue weighted by molar-refractivity contribution is 5.83.